The second-order valence-corrected chi connectivity index (χ2v) is 7.75. The Bertz CT molecular complexity index is 904. The van der Waals surface area contributed by atoms with Crippen LogP contribution in [0.3, 0.4) is 0 Å². The van der Waals surface area contributed by atoms with Crippen molar-refractivity contribution in [2.75, 3.05) is 13.1 Å². The van der Waals surface area contributed by atoms with Crippen molar-refractivity contribution in [3.8, 4) is 0 Å². The van der Waals surface area contributed by atoms with Gasteiger partial charge in [0.15, 0.2) is 0 Å². The van der Waals surface area contributed by atoms with Crippen molar-refractivity contribution in [3.63, 3.8) is 0 Å². The first-order chi connectivity index (χ1) is 12.2. The number of halogens is 2. The third-order valence-corrected chi connectivity index (χ3v) is 5.59. The van der Waals surface area contributed by atoms with Gasteiger partial charge in [-0.15, -0.1) is 0 Å². The molecule has 25 heavy (non-hydrogen) atoms. The molecule has 128 valence electrons. The smallest absolute Gasteiger partial charge is 0.134 e. The lowest BCUT2D eigenvalue weighted by Gasteiger charge is -2.22. The molecule has 3 aromatic rings. The van der Waals surface area contributed by atoms with Gasteiger partial charge in [0.2, 0.25) is 0 Å². The highest BCUT2D eigenvalue weighted by molar-refractivity contribution is 14.1. The predicted molar refractivity (Wildman–Crippen MR) is 108 cm³/mol. The summed E-state index contributed by atoms with van der Waals surface area (Å²) in [4.78, 5) is 4.84. The van der Waals surface area contributed by atoms with E-state index < -0.39 is 0 Å². The average molecular weight is 447 g/mol. The van der Waals surface area contributed by atoms with Gasteiger partial charge < -0.3 is 4.57 Å². The van der Waals surface area contributed by atoms with Crippen LogP contribution in [0.4, 0.5) is 4.39 Å². The Morgan fingerprint density at radius 1 is 1.04 bits per heavy atom. The molecule has 5 heteroatoms. The second-order valence-electron chi connectivity index (χ2n) is 6.38. The molecule has 0 saturated carbocycles. The first-order valence-corrected chi connectivity index (χ1v) is 9.45. The Labute approximate surface area is 160 Å². The van der Waals surface area contributed by atoms with Crippen molar-refractivity contribution in [1.82, 2.24) is 12.7 Å². The number of piperidine rings is 1. The van der Waals surface area contributed by atoms with E-state index in [4.69, 9.17) is 4.98 Å². The molecule has 1 aliphatic heterocycles. The quantitative estimate of drug-likeness (QED) is 0.414. The number of para-hydroxylation sites is 2. The number of benzene rings is 2. The van der Waals surface area contributed by atoms with Gasteiger partial charge in [-0.05, 0) is 48.7 Å². The number of nitrogens with zero attached hydrogens (tertiary/aromatic N) is 3. The second kappa shape index (κ2) is 7.25. The van der Waals surface area contributed by atoms with Crippen LogP contribution in [0.1, 0.15) is 24.2 Å². The van der Waals surface area contributed by atoms with Gasteiger partial charge in [-0.1, -0.05) is 29.8 Å². The molecule has 1 aromatic heterocycles. The summed E-state index contributed by atoms with van der Waals surface area (Å²) in [7, 11) is 0. The van der Waals surface area contributed by atoms with Crippen molar-refractivity contribution in [1.29, 1.82) is 0 Å². The molecule has 4 rings (SSSR count). The van der Waals surface area contributed by atoms with E-state index in [-0.39, 0.29) is 5.82 Å². The van der Waals surface area contributed by atoms with E-state index in [1.165, 1.54) is 17.7 Å². The fraction of sp³-hybridized carbons (Fsp3) is 0.250. The number of imidazole rings is 1. The summed E-state index contributed by atoms with van der Waals surface area (Å²) >= 11 is 2.39. The summed E-state index contributed by atoms with van der Waals surface area (Å²) in [5.74, 6) is 0.787. The third kappa shape index (κ3) is 3.77. The molecule has 1 fully saturated rings. The van der Waals surface area contributed by atoms with Crippen LogP contribution in [-0.2, 0) is 6.54 Å². The van der Waals surface area contributed by atoms with Crippen molar-refractivity contribution >= 4 is 40.0 Å². The molecule has 0 amide bonds. The molecule has 0 bridgehead atoms. The maximum atomic E-state index is 13.2. The monoisotopic (exact) mass is 447 g/mol. The van der Waals surface area contributed by atoms with Crippen molar-refractivity contribution in [2.45, 2.75) is 19.4 Å². The number of aromatic nitrogens is 2. The molecule has 0 atom stereocenters. The van der Waals surface area contributed by atoms with E-state index in [1.54, 1.807) is 0 Å². The average Bonchev–Trinajstić information content (AvgIpc) is 2.96. The lowest BCUT2D eigenvalue weighted by molar-refractivity contribution is 0.469. The third-order valence-electron chi connectivity index (χ3n) is 4.62. The summed E-state index contributed by atoms with van der Waals surface area (Å²) in [6.07, 6.45) is 4.42. The Hall–Kier alpha value is -1.73. The minimum absolute atomic E-state index is 0.202. The van der Waals surface area contributed by atoms with E-state index in [0.29, 0.717) is 6.54 Å². The van der Waals surface area contributed by atoms with Crippen LogP contribution in [0.25, 0.3) is 17.1 Å². The summed E-state index contributed by atoms with van der Waals surface area (Å²) in [5.41, 5.74) is 4.64. The Balaban J connectivity index is 1.73. The van der Waals surface area contributed by atoms with Crippen LogP contribution in [0.2, 0.25) is 0 Å². The molecule has 0 unspecified atom stereocenters. The van der Waals surface area contributed by atoms with Gasteiger partial charge in [-0.25, -0.2) is 12.5 Å². The highest BCUT2D eigenvalue weighted by atomic mass is 127. The molecular formula is C20H19FIN3. The molecule has 2 aromatic carbocycles. The minimum atomic E-state index is -0.202. The lowest BCUT2D eigenvalue weighted by Crippen LogP contribution is -2.21. The van der Waals surface area contributed by atoms with Gasteiger partial charge in [0.1, 0.15) is 11.6 Å². The van der Waals surface area contributed by atoms with Crippen molar-refractivity contribution in [2.24, 2.45) is 0 Å². The molecule has 0 spiro atoms. The number of rotatable bonds is 3. The van der Waals surface area contributed by atoms with Gasteiger partial charge in [0, 0.05) is 42.5 Å². The highest BCUT2D eigenvalue weighted by Gasteiger charge is 2.14. The zero-order valence-electron chi connectivity index (χ0n) is 13.8. The molecule has 0 aliphatic carbocycles. The van der Waals surface area contributed by atoms with Crippen LogP contribution in [-0.4, -0.2) is 25.8 Å². The summed E-state index contributed by atoms with van der Waals surface area (Å²) < 4.78 is 17.8. The molecule has 1 saturated heterocycles. The zero-order chi connectivity index (χ0) is 17.2. The number of fused-ring (bicyclic) bond motifs is 1. The lowest BCUT2D eigenvalue weighted by atomic mass is 10.1. The van der Waals surface area contributed by atoms with Crippen LogP contribution >= 0.6 is 22.9 Å². The van der Waals surface area contributed by atoms with E-state index in [0.717, 1.165) is 48.4 Å². The Morgan fingerprint density at radius 3 is 2.52 bits per heavy atom. The van der Waals surface area contributed by atoms with Crippen LogP contribution in [0, 0.1) is 5.82 Å². The van der Waals surface area contributed by atoms with Crippen LogP contribution in [0.15, 0.2) is 54.1 Å². The number of hydrogen-bond donors (Lipinski definition) is 0. The first kappa shape index (κ1) is 16.7. The Kier molecular flexibility index (Phi) is 4.85. The first-order valence-electron chi connectivity index (χ1n) is 8.49. The van der Waals surface area contributed by atoms with Crippen molar-refractivity contribution < 1.29 is 4.39 Å². The van der Waals surface area contributed by atoms with Gasteiger partial charge in [-0.3, -0.25) is 0 Å². The number of hydrogen-bond acceptors (Lipinski definition) is 2. The van der Waals surface area contributed by atoms with Crippen LogP contribution < -0.4 is 0 Å². The fourth-order valence-corrected chi connectivity index (χ4v) is 3.72. The Morgan fingerprint density at radius 2 is 1.76 bits per heavy atom. The van der Waals surface area contributed by atoms with Gasteiger partial charge in [-0.2, -0.15) is 0 Å². The van der Waals surface area contributed by atoms with Gasteiger partial charge in [0.25, 0.3) is 0 Å². The molecule has 0 N–H and O–H groups in total. The fourth-order valence-electron chi connectivity index (χ4n) is 3.24. The maximum absolute atomic E-state index is 13.2. The molecular weight excluding hydrogens is 428 g/mol. The highest BCUT2D eigenvalue weighted by Crippen LogP contribution is 2.24. The van der Waals surface area contributed by atoms with Gasteiger partial charge >= 0.3 is 0 Å². The standard InChI is InChI=1S/C20H19FIN3/c21-17-7-5-16(6-8-17)14-25-19-4-2-1-3-18(19)23-20(25)13-15-9-11-24(22)12-10-15/h1-8,13H,9-12,14H2. The van der Waals surface area contributed by atoms with Gasteiger partial charge in [0.05, 0.1) is 11.0 Å². The topological polar surface area (TPSA) is 21.1 Å². The summed E-state index contributed by atoms with van der Waals surface area (Å²) in [5, 5.41) is 0. The van der Waals surface area contributed by atoms with Crippen LogP contribution in [0.5, 0.6) is 0 Å². The summed E-state index contributed by atoms with van der Waals surface area (Å²) in [6.45, 7) is 2.87. The predicted octanol–water partition coefficient (Wildman–Crippen LogP) is 5.05. The van der Waals surface area contributed by atoms with E-state index in [2.05, 4.69) is 42.7 Å². The van der Waals surface area contributed by atoms with E-state index in [9.17, 15) is 4.39 Å². The largest absolute Gasteiger partial charge is 0.320 e. The molecule has 0 radical (unpaired) electrons. The molecule has 3 nitrogen and oxygen atoms in total. The van der Waals surface area contributed by atoms with E-state index in [1.807, 2.05) is 30.3 Å². The minimum Gasteiger partial charge on any atom is -0.320 e. The summed E-state index contributed by atoms with van der Waals surface area (Å²) in [6, 6.07) is 14.9. The maximum Gasteiger partial charge on any atom is 0.134 e. The molecule has 2 heterocycles. The zero-order valence-corrected chi connectivity index (χ0v) is 16.0. The van der Waals surface area contributed by atoms with E-state index >= 15 is 0 Å². The SMILES string of the molecule is Fc1ccc(Cn2c(C=C3CCN(I)CC3)nc3ccccc32)cc1. The normalized spacial score (nSPS) is 15.7. The van der Waals surface area contributed by atoms with Crippen molar-refractivity contribution in [3.05, 3.63) is 71.3 Å². The molecule has 1 aliphatic rings.